The number of nitrogens with zero attached hydrogens (tertiary/aromatic N) is 2. The van der Waals surface area contributed by atoms with Crippen LogP contribution in [0.4, 0.5) is 11.4 Å². The van der Waals surface area contributed by atoms with Gasteiger partial charge >= 0.3 is 5.97 Å². The van der Waals surface area contributed by atoms with Gasteiger partial charge < -0.3 is 19.1 Å². The normalized spacial score (nSPS) is 15.5. The number of amides is 1. The molecule has 2 aromatic carbocycles. The molecule has 0 aromatic heterocycles. The third-order valence-electron chi connectivity index (χ3n) is 4.86. The van der Waals surface area contributed by atoms with Gasteiger partial charge in [0.15, 0.2) is 12.4 Å². The quantitative estimate of drug-likeness (QED) is 0.272. The van der Waals surface area contributed by atoms with Gasteiger partial charge in [0.25, 0.3) is 5.69 Å². The van der Waals surface area contributed by atoms with Crippen LogP contribution in [0, 0.1) is 16.0 Å². The fraction of sp³-hybridized carbons (Fsp3) is 0.286. The van der Waals surface area contributed by atoms with Crippen molar-refractivity contribution >= 4 is 29.0 Å². The number of Topliss-reactive ketones (excluding diaryl/α,β-unsaturated/α-hetero) is 1. The van der Waals surface area contributed by atoms with E-state index in [9.17, 15) is 24.5 Å². The van der Waals surface area contributed by atoms with E-state index in [0.29, 0.717) is 17.0 Å². The summed E-state index contributed by atoms with van der Waals surface area (Å²) >= 11 is 0. The molecular weight excluding hydrogens is 408 g/mol. The molecule has 10 heteroatoms. The van der Waals surface area contributed by atoms with Crippen LogP contribution in [-0.2, 0) is 14.3 Å². The number of methoxy groups -OCH3 is 2. The van der Waals surface area contributed by atoms with Gasteiger partial charge in [0.2, 0.25) is 5.91 Å². The van der Waals surface area contributed by atoms with E-state index in [4.69, 9.17) is 14.2 Å². The summed E-state index contributed by atoms with van der Waals surface area (Å²) in [4.78, 5) is 48.8. The van der Waals surface area contributed by atoms with Crippen molar-refractivity contribution in [2.24, 2.45) is 5.92 Å². The first-order chi connectivity index (χ1) is 14.8. The molecule has 1 fully saturated rings. The molecule has 0 radical (unpaired) electrons. The second-order valence-electron chi connectivity index (χ2n) is 6.78. The van der Waals surface area contributed by atoms with Gasteiger partial charge in [-0.1, -0.05) is 12.1 Å². The van der Waals surface area contributed by atoms with Crippen LogP contribution in [0.5, 0.6) is 11.5 Å². The molecular formula is C21H20N2O8. The number of hydrogen-bond acceptors (Lipinski definition) is 8. The summed E-state index contributed by atoms with van der Waals surface area (Å²) in [5, 5.41) is 10.9. The number of nitro groups is 1. The van der Waals surface area contributed by atoms with E-state index >= 15 is 0 Å². The molecule has 162 valence electrons. The average molecular weight is 428 g/mol. The smallest absolute Gasteiger partial charge is 0.311 e. The van der Waals surface area contributed by atoms with Crippen molar-refractivity contribution in [3.05, 3.63) is 58.1 Å². The zero-order valence-corrected chi connectivity index (χ0v) is 16.9. The van der Waals surface area contributed by atoms with Gasteiger partial charge in [0.1, 0.15) is 11.5 Å². The first-order valence-electron chi connectivity index (χ1n) is 9.30. The average Bonchev–Trinajstić information content (AvgIpc) is 3.18. The first kappa shape index (κ1) is 21.8. The zero-order valence-electron chi connectivity index (χ0n) is 16.9. The lowest BCUT2D eigenvalue weighted by molar-refractivity contribution is -0.384. The second-order valence-corrected chi connectivity index (χ2v) is 6.78. The fourth-order valence-electron chi connectivity index (χ4n) is 3.24. The van der Waals surface area contributed by atoms with Gasteiger partial charge in [0, 0.05) is 24.6 Å². The maximum Gasteiger partial charge on any atom is 0.311 e. The monoisotopic (exact) mass is 428 g/mol. The van der Waals surface area contributed by atoms with E-state index in [1.807, 2.05) is 0 Å². The minimum absolute atomic E-state index is 0.0131. The van der Waals surface area contributed by atoms with Crippen LogP contribution in [0.1, 0.15) is 16.8 Å². The summed E-state index contributed by atoms with van der Waals surface area (Å²) in [5.41, 5.74) is 0.479. The molecule has 0 saturated carbocycles. The van der Waals surface area contributed by atoms with Crippen LogP contribution in [0.25, 0.3) is 0 Å². The zero-order chi connectivity index (χ0) is 22.5. The van der Waals surface area contributed by atoms with Crippen molar-refractivity contribution in [2.75, 3.05) is 32.3 Å². The Labute approximate surface area is 177 Å². The topological polar surface area (TPSA) is 125 Å². The predicted molar refractivity (Wildman–Crippen MR) is 108 cm³/mol. The molecule has 3 rings (SSSR count). The van der Waals surface area contributed by atoms with E-state index in [1.54, 1.807) is 18.2 Å². The molecule has 1 aliphatic heterocycles. The molecule has 0 bridgehead atoms. The number of hydrogen-bond donors (Lipinski definition) is 0. The van der Waals surface area contributed by atoms with Gasteiger partial charge in [-0.05, 0) is 18.2 Å². The van der Waals surface area contributed by atoms with Crippen molar-refractivity contribution in [1.82, 2.24) is 0 Å². The lowest BCUT2D eigenvalue weighted by Gasteiger charge is -2.19. The summed E-state index contributed by atoms with van der Waals surface area (Å²) in [6, 6.07) is 10.3. The SMILES string of the molecule is COc1cccc(C(=O)COC(=O)[C@H]2CC(=O)N(c3ccc([N+](=O)[O-])cc3OC)C2)c1. The molecule has 31 heavy (non-hydrogen) atoms. The highest BCUT2D eigenvalue weighted by Gasteiger charge is 2.37. The minimum atomic E-state index is -0.773. The summed E-state index contributed by atoms with van der Waals surface area (Å²) in [5.74, 6) is -1.55. The van der Waals surface area contributed by atoms with Gasteiger partial charge in [-0.2, -0.15) is 0 Å². The van der Waals surface area contributed by atoms with Gasteiger partial charge in [-0.3, -0.25) is 24.5 Å². The van der Waals surface area contributed by atoms with Crippen LogP contribution < -0.4 is 14.4 Å². The largest absolute Gasteiger partial charge is 0.497 e. The Kier molecular flexibility index (Phi) is 6.49. The van der Waals surface area contributed by atoms with Crippen LogP contribution in [0.15, 0.2) is 42.5 Å². The molecule has 1 saturated heterocycles. The highest BCUT2D eigenvalue weighted by atomic mass is 16.6. The second kappa shape index (κ2) is 9.24. The Morgan fingerprint density at radius 3 is 2.61 bits per heavy atom. The van der Waals surface area contributed by atoms with Crippen molar-refractivity contribution in [1.29, 1.82) is 0 Å². The molecule has 2 aromatic rings. The maximum absolute atomic E-state index is 12.5. The number of non-ortho nitro benzene ring substituents is 1. The third-order valence-corrected chi connectivity index (χ3v) is 4.86. The van der Waals surface area contributed by atoms with Crippen LogP contribution >= 0.6 is 0 Å². The number of esters is 1. The summed E-state index contributed by atoms with van der Waals surface area (Å²) in [6.45, 7) is -0.448. The number of benzene rings is 2. The number of ketones is 1. The van der Waals surface area contributed by atoms with Crippen molar-refractivity contribution in [2.45, 2.75) is 6.42 Å². The fourth-order valence-corrected chi connectivity index (χ4v) is 3.24. The summed E-state index contributed by atoms with van der Waals surface area (Å²) in [7, 11) is 2.81. The van der Waals surface area contributed by atoms with Gasteiger partial charge in [0.05, 0.1) is 36.8 Å². The maximum atomic E-state index is 12.5. The van der Waals surface area contributed by atoms with Crippen molar-refractivity contribution in [3.8, 4) is 11.5 Å². The Bertz CT molecular complexity index is 1040. The van der Waals surface area contributed by atoms with E-state index < -0.39 is 29.2 Å². The van der Waals surface area contributed by atoms with Crippen molar-refractivity contribution in [3.63, 3.8) is 0 Å². The highest BCUT2D eigenvalue weighted by molar-refractivity contribution is 6.02. The lowest BCUT2D eigenvalue weighted by Crippen LogP contribution is -2.27. The lowest BCUT2D eigenvalue weighted by atomic mass is 10.1. The van der Waals surface area contributed by atoms with Crippen LogP contribution in [-0.4, -0.2) is 50.0 Å². The molecule has 0 unspecified atom stereocenters. The Balaban J connectivity index is 1.65. The highest BCUT2D eigenvalue weighted by Crippen LogP contribution is 2.36. The van der Waals surface area contributed by atoms with E-state index in [0.717, 1.165) is 0 Å². The molecule has 10 nitrogen and oxygen atoms in total. The number of nitro benzene ring substituents is 1. The standard InChI is InChI=1S/C21H20N2O8/c1-29-16-5-3-4-13(8-16)18(24)12-31-21(26)14-9-20(25)22(11-14)17-7-6-15(23(27)28)10-19(17)30-2/h3-8,10,14H,9,11-12H2,1-2H3/t14-/m0/s1. The predicted octanol–water partition coefficient (Wildman–Crippen LogP) is 2.39. The van der Waals surface area contributed by atoms with Crippen molar-refractivity contribution < 1.29 is 33.5 Å². The van der Waals surface area contributed by atoms with Gasteiger partial charge in [-0.25, -0.2) is 0 Å². The number of carbonyl (C=O) groups is 3. The molecule has 0 aliphatic carbocycles. The Morgan fingerprint density at radius 1 is 1.16 bits per heavy atom. The van der Waals surface area contributed by atoms with E-state index in [1.165, 1.54) is 43.4 Å². The summed E-state index contributed by atoms with van der Waals surface area (Å²) in [6.07, 6.45) is -0.105. The molecule has 0 N–H and O–H groups in total. The Hall–Kier alpha value is -3.95. The first-order valence-corrected chi connectivity index (χ1v) is 9.30. The molecule has 0 spiro atoms. The third kappa shape index (κ3) is 4.80. The minimum Gasteiger partial charge on any atom is -0.497 e. The van der Waals surface area contributed by atoms with Crippen LogP contribution in [0.3, 0.4) is 0 Å². The van der Waals surface area contributed by atoms with Crippen LogP contribution in [0.2, 0.25) is 0 Å². The molecule has 1 atom stereocenters. The van der Waals surface area contributed by atoms with Gasteiger partial charge in [-0.15, -0.1) is 0 Å². The molecule has 1 heterocycles. The summed E-state index contributed by atoms with van der Waals surface area (Å²) < 4.78 is 15.4. The number of ether oxygens (including phenoxy) is 3. The number of rotatable bonds is 8. The molecule has 1 aliphatic rings. The van der Waals surface area contributed by atoms with E-state index in [2.05, 4.69) is 0 Å². The number of anilines is 1. The Morgan fingerprint density at radius 2 is 1.94 bits per heavy atom. The molecule has 1 amide bonds. The number of carbonyl (C=O) groups excluding carboxylic acids is 3. The van der Waals surface area contributed by atoms with E-state index in [-0.39, 0.29) is 30.3 Å².